The first kappa shape index (κ1) is 20.8. The second-order valence-corrected chi connectivity index (χ2v) is 7.78. The van der Waals surface area contributed by atoms with Gasteiger partial charge >= 0.3 is 18.0 Å². The van der Waals surface area contributed by atoms with Gasteiger partial charge in [-0.2, -0.15) is 22.0 Å². The number of hydrogen-bond acceptors (Lipinski definition) is 4. The maximum absolute atomic E-state index is 14.1. The summed E-state index contributed by atoms with van der Waals surface area (Å²) in [5, 5.41) is 0.291. The third-order valence-electron chi connectivity index (χ3n) is 4.18. The van der Waals surface area contributed by atoms with Gasteiger partial charge in [0, 0.05) is 23.2 Å². The molecule has 0 saturated heterocycles. The lowest BCUT2D eigenvalue weighted by molar-refractivity contribution is -0.169. The van der Waals surface area contributed by atoms with E-state index in [9.17, 15) is 26.7 Å². The fraction of sp³-hybridized carbons (Fsp3) is 0.294. The van der Waals surface area contributed by atoms with Crippen molar-refractivity contribution in [3.05, 3.63) is 52.7 Å². The molecular weight excluding hydrogens is 425 g/mol. The average molecular weight is 438 g/mol. The first-order valence-corrected chi connectivity index (χ1v) is 8.97. The van der Waals surface area contributed by atoms with E-state index in [2.05, 4.69) is 4.98 Å². The van der Waals surface area contributed by atoms with Crippen LogP contribution in [0, 0.1) is 0 Å². The molecule has 3 rings (SSSR count). The Hall–Kier alpha value is -1.91. The Bertz CT molecular complexity index is 907. The van der Waals surface area contributed by atoms with Gasteiger partial charge in [0.25, 0.3) is 0 Å². The zero-order chi connectivity index (χ0) is 20.9. The average Bonchev–Trinajstić information content (AvgIpc) is 2.76. The standard InChI is InChI=1S/C17H13ClF5N3OS/c1-25-14-12(16(19,20)15(25)27)7-11(8-24-14)28-26(2)13(17(21,22)23)9-3-5-10(18)6-4-9/h3-8,13H,1-2H3/t13-/m1/s1. The highest BCUT2D eigenvalue weighted by Crippen LogP contribution is 2.46. The van der Waals surface area contributed by atoms with Crippen LogP contribution >= 0.6 is 23.5 Å². The van der Waals surface area contributed by atoms with Crippen LogP contribution in [0.2, 0.25) is 5.02 Å². The van der Waals surface area contributed by atoms with E-state index in [0.29, 0.717) is 17.0 Å². The molecule has 1 amide bonds. The van der Waals surface area contributed by atoms with E-state index in [1.54, 1.807) is 0 Å². The maximum atomic E-state index is 14.1. The van der Waals surface area contributed by atoms with Crippen molar-refractivity contribution >= 4 is 35.3 Å². The summed E-state index contributed by atoms with van der Waals surface area (Å²) >= 11 is 6.34. The molecule has 0 fully saturated rings. The predicted octanol–water partition coefficient (Wildman–Crippen LogP) is 5.05. The van der Waals surface area contributed by atoms with Gasteiger partial charge in [-0.3, -0.25) is 9.69 Å². The Morgan fingerprint density at radius 2 is 1.86 bits per heavy atom. The van der Waals surface area contributed by atoms with Crippen LogP contribution in [0.25, 0.3) is 0 Å². The minimum Gasteiger partial charge on any atom is -0.294 e. The maximum Gasteiger partial charge on any atom is 0.408 e. The summed E-state index contributed by atoms with van der Waals surface area (Å²) < 4.78 is 70.0. The van der Waals surface area contributed by atoms with Crippen LogP contribution in [-0.4, -0.2) is 35.5 Å². The molecule has 1 aliphatic rings. The zero-order valence-electron chi connectivity index (χ0n) is 14.5. The topological polar surface area (TPSA) is 36.4 Å². The number of nitrogens with zero attached hydrogens (tertiary/aromatic N) is 3. The quantitative estimate of drug-likeness (QED) is 0.495. The van der Waals surface area contributed by atoms with Crippen LogP contribution in [0.5, 0.6) is 0 Å². The van der Waals surface area contributed by atoms with E-state index in [1.807, 2.05) is 0 Å². The van der Waals surface area contributed by atoms with Crippen molar-refractivity contribution < 1.29 is 26.7 Å². The molecule has 0 unspecified atom stereocenters. The largest absolute Gasteiger partial charge is 0.408 e. The Balaban J connectivity index is 1.91. The normalized spacial score (nSPS) is 17.2. The number of alkyl halides is 5. The van der Waals surface area contributed by atoms with Crippen LogP contribution in [0.1, 0.15) is 17.2 Å². The number of carbonyl (C=O) groups is 1. The first-order valence-electron chi connectivity index (χ1n) is 7.82. The van der Waals surface area contributed by atoms with E-state index in [0.717, 1.165) is 28.5 Å². The Kier molecular flexibility index (Phi) is 5.32. The molecule has 0 saturated carbocycles. The number of rotatable bonds is 4. The molecule has 2 heterocycles. The smallest absolute Gasteiger partial charge is 0.294 e. The highest BCUT2D eigenvalue weighted by atomic mass is 35.5. The van der Waals surface area contributed by atoms with Gasteiger partial charge < -0.3 is 0 Å². The number of carbonyl (C=O) groups excluding carboxylic acids is 1. The van der Waals surface area contributed by atoms with Crippen molar-refractivity contribution in [2.45, 2.75) is 23.0 Å². The summed E-state index contributed by atoms with van der Waals surface area (Å²) in [5.41, 5.74) is -0.685. The minimum absolute atomic E-state index is 0.0484. The van der Waals surface area contributed by atoms with Gasteiger partial charge in [0.1, 0.15) is 11.9 Å². The third kappa shape index (κ3) is 3.68. The van der Waals surface area contributed by atoms with Gasteiger partial charge in [0.05, 0.1) is 5.56 Å². The summed E-state index contributed by atoms with van der Waals surface area (Å²) in [4.78, 5) is 16.2. The molecule has 0 N–H and O–H groups in total. The van der Waals surface area contributed by atoms with Crippen molar-refractivity contribution in [3.63, 3.8) is 0 Å². The van der Waals surface area contributed by atoms with Gasteiger partial charge in [0.2, 0.25) is 0 Å². The van der Waals surface area contributed by atoms with Gasteiger partial charge in [0.15, 0.2) is 0 Å². The van der Waals surface area contributed by atoms with Crippen LogP contribution in [0.3, 0.4) is 0 Å². The van der Waals surface area contributed by atoms with Crippen LogP contribution in [0.15, 0.2) is 41.4 Å². The van der Waals surface area contributed by atoms with E-state index < -0.39 is 29.6 Å². The molecule has 1 aliphatic heterocycles. The number of fused-ring (bicyclic) bond motifs is 1. The number of halogens is 6. The fourth-order valence-corrected chi connectivity index (χ4v) is 3.95. The number of benzene rings is 1. The Morgan fingerprint density at radius 1 is 1.25 bits per heavy atom. The third-order valence-corrected chi connectivity index (χ3v) is 5.36. The molecule has 11 heteroatoms. The van der Waals surface area contributed by atoms with Crippen molar-refractivity contribution in [2.24, 2.45) is 0 Å². The molecule has 1 aromatic carbocycles. The van der Waals surface area contributed by atoms with Crippen molar-refractivity contribution in [3.8, 4) is 0 Å². The van der Waals surface area contributed by atoms with E-state index in [4.69, 9.17) is 11.6 Å². The Labute approximate surface area is 166 Å². The van der Waals surface area contributed by atoms with Gasteiger partial charge in [-0.15, -0.1) is 0 Å². The number of amides is 1. The molecule has 0 radical (unpaired) electrons. The van der Waals surface area contributed by atoms with Crippen molar-refractivity contribution in [2.75, 3.05) is 19.0 Å². The van der Waals surface area contributed by atoms with Gasteiger partial charge in [-0.05, 0) is 42.8 Å². The lowest BCUT2D eigenvalue weighted by Gasteiger charge is -2.29. The molecule has 1 aromatic heterocycles. The SMILES string of the molecule is CN1C(=O)C(F)(F)c2cc(SN(C)[C@H](c3ccc(Cl)cc3)C(F)(F)F)cnc21. The zero-order valence-corrected chi connectivity index (χ0v) is 16.0. The monoisotopic (exact) mass is 437 g/mol. The number of likely N-dealkylation sites (N-methyl/N-ethyl adjacent to an activating group) is 1. The van der Waals surface area contributed by atoms with Gasteiger partial charge in [-0.1, -0.05) is 23.7 Å². The summed E-state index contributed by atoms with van der Waals surface area (Å²) in [6.07, 6.45) is -3.47. The number of aromatic nitrogens is 1. The van der Waals surface area contributed by atoms with Crippen LogP contribution in [-0.2, 0) is 10.7 Å². The molecule has 4 nitrogen and oxygen atoms in total. The van der Waals surface area contributed by atoms with Crippen molar-refractivity contribution in [1.29, 1.82) is 0 Å². The molecular formula is C17H13ClF5N3OS. The summed E-state index contributed by atoms with van der Waals surface area (Å²) in [6.45, 7) is 0. The minimum atomic E-state index is -4.63. The lowest BCUT2D eigenvalue weighted by Crippen LogP contribution is -2.32. The summed E-state index contributed by atoms with van der Waals surface area (Å²) in [6, 6.07) is 4.16. The van der Waals surface area contributed by atoms with Crippen molar-refractivity contribution in [1.82, 2.24) is 9.29 Å². The second-order valence-electron chi connectivity index (χ2n) is 6.11. The van der Waals surface area contributed by atoms with Gasteiger partial charge in [-0.25, -0.2) is 9.29 Å². The molecule has 0 aliphatic carbocycles. The number of anilines is 1. The van der Waals surface area contributed by atoms with E-state index >= 15 is 0 Å². The first-order chi connectivity index (χ1) is 12.9. The highest BCUT2D eigenvalue weighted by molar-refractivity contribution is 7.97. The van der Waals surface area contributed by atoms with Crippen LogP contribution in [0.4, 0.5) is 27.8 Å². The molecule has 28 heavy (non-hydrogen) atoms. The summed E-state index contributed by atoms with van der Waals surface area (Å²) in [5.74, 6) is -5.42. The molecule has 0 spiro atoms. The highest BCUT2D eigenvalue weighted by Gasteiger charge is 2.53. The van der Waals surface area contributed by atoms with Crippen LogP contribution < -0.4 is 4.90 Å². The fourth-order valence-electron chi connectivity index (χ4n) is 2.88. The number of hydrogen-bond donors (Lipinski definition) is 0. The lowest BCUT2D eigenvalue weighted by atomic mass is 10.1. The molecule has 0 bridgehead atoms. The molecule has 150 valence electrons. The molecule has 1 atom stereocenters. The molecule has 2 aromatic rings. The van der Waals surface area contributed by atoms with E-state index in [-0.39, 0.29) is 16.3 Å². The second kappa shape index (κ2) is 7.16. The van der Waals surface area contributed by atoms with E-state index in [1.165, 1.54) is 31.3 Å². The summed E-state index contributed by atoms with van der Waals surface area (Å²) in [7, 11) is 2.36. The number of pyridine rings is 1. The predicted molar refractivity (Wildman–Crippen MR) is 95.4 cm³/mol. The Morgan fingerprint density at radius 3 is 2.43 bits per heavy atom.